The first-order valence-corrected chi connectivity index (χ1v) is 28.7. The van der Waals surface area contributed by atoms with Crippen LogP contribution < -0.4 is 9.47 Å². The van der Waals surface area contributed by atoms with Crippen LogP contribution in [0.25, 0.3) is 0 Å². The fourth-order valence-electron chi connectivity index (χ4n) is 10.1. The molecule has 0 unspecified atom stereocenters. The maximum Gasteiger partial charge on any atom is 0.312 e. The lowest BCUT2D eigenvalue weighted by molar-refractivity contribution is -0.165. The zero-order valence-electron chi connectivity index (χ0n) is 46.0. The van der Waals surface area contributed by atoms with Crippen molar-refractivity contribution < 1.29 is 38.1 Å². The Kier molecular flexibility index (Phi) is 26.4. The number of hydrogen-bond acceptors (Lipinski definition) is 10. The molecule has 4 aromatic rings. The van der Waals surface area contributed by atoms with Gasteiger partial charge in [-0.05, 0) is 110 Å². The number of aromatic nitrogens is 2. The molecule has 2 atom stereocenters. The minimum absolute atomic E-state index is 0.0121. The fourth-order valence-corrected chi connectivity index (χ4v) is 10.1. The highest BCUT2D eigenvalue weighted by Gasteiger charge is 2.59. The van der Waals surface area contributed by atoms with Crippen LogP contribution in [-0.2, 0) is 44.7 Å². The van der Waals surface area contributed by atoms with Gasteiger partial charge >= 0.3 is 11.9 Å². The predicted octanol–water partition coefficient (Wildman–Crippen LogP) is 15.2. The molecule has 0 saturated heterocycles. The van der Waals surface area contributed by atoms with Gasteiger partial charge in [-0.25, -0.2) is 0 Å². The Morgan fingerprint density at radius 3 is 1.27 bits per heavy atom. The molecule has 0 aliphatic heterocycles. The second-order valence-corrected chi connectivity index (χ2v) is 21.6. The van der Waals surface area contributed by atoms with Crippen molar-refractivity contribution >= 4 is 23.5 Å². The van der Waals surface area contributed by atoms with Gasteiger partial charge in [-0.1, -0.05) is 155 Å². The first kappa shape index (κ1) is 59.5. The van der Waals surface area contributed by atoms with Gasteiger partial charge in [0.05, 0.1) is 50.6 Å². The normalized spacial score (nSPS) is 15.9. The van der Waals surface area contributed by atoms with E-state index in [1.807, 2.05) is 93.6 Å². The molecule has 74 heavy (non-hydrogen) atoms. The Hall–Kier alpha value is -5.38. The Bertz CT molecular complexity index is 2240. The Morgan fingerprint density at radius 2 is 0.878 bits per heavy atom. The number of hydrogen-bond donors (Lipinski definition) is 0. The molecule has 1 saturated carbocycles. The fraction of sp³-hybridized carbons (Fsp3) is 0.594. The number of benzene rings is 2. The summed E-state index contributed by atoms with van der Waals surface area (Å²) >= 11 is 0. The van der Waals surface area contributed by atoms with Gasteiger partial charge in [-0.3, -0.25) is 29.1 Å². The quantitative estimate of drug-likeness (QED) is 0.0243. The summed E-state index contributed by atoms with van der Waals surface area (Å²) in [6.45, 7) is 12.0. The lowest BCUT2D eigenvalue weighted by Crippen LogP contribution is -2.44. The summed E-state index contributed by atoms with van der Waals surface area (Å²) in [7, 11) is 0. The molecular formula is C64H90N2O8. The summed E-state index contributed by atoms with van der Waals surface area (Å²) < 4.78 is 23.5. The molecule has 10 heteroatoms. The second kappa shape index (κ2) is 32.8. The zero-order valence-corrected chi connectivity index (χ0v) is 46.0. The number of unbranched alkanes of at least 4 members (excludes halogenated alkanes) is 18. The van der Waals surface area contributed by atoms with Crippen LogP contribution >= 0.6 is 0 Å². The average Bonchev–Trinajstić information content (AvgIpc) is 3.66. The summed E-state index contributed by atoms with van der Waals surface area (Å²) in [4.78, 5) is 62.2. The van der Waals surface area contributed by atoms with Crippen LogP contribution in [0.4, 0.5) is 0 Å². The maximum absolute atomic E-state index is 13.6. The van der Waals surface area contributed by atoms with Crippen LogP contribution in [0.1, 0.15) is 219 Å². The van der Waals surface area contributed by atoms with Crippen molar-refractivity contribution in [2.24, 2.45) is 16.7 Å². The molecule has 2 aromatic carbocycles. The number of carbonyl (C=O) groups excluding carboxylic acids is 4. The molecule has 0 radical (unpaired) electrons. The smallest absolute Gasteiger partial charge is 0.312 e. The van der Waals surface area contributed by atoms with Crippen molar-refractivity contribution in [2.75, 3.05) is 26.4 Å². The third kappa shape index (κ3) is 20.0. The first-order chi connectivity index (χ1) is 35.9. The topological polar surface area (TPSA) is 131 Å². The number of Topliss-reactive ketones (excluding diaryl/α,β-unsaturated/α-hetero) is 2. The standard InChI is InChI=1S/C64H90N2O8/c1-6-8-10-12-14-16-18-20-22-24-42-71-56-34-28-52(29-35-56)59(67)46-54-32-26-50(48-65-54)39-44-73-61(69)58-38-41-64(5,63(58,3)4)62(70)74-45-40-51-27-33-55(66-49-51)47-60(68)53-30-36-57(37-31-53)72-43-25-23-21-19-17-15-13-11-9-7-2/h26-37,48-49,58H,6-25,38-47H2,1-5H3/t58-,64-/m0/s1. The molecule has 1 aliphatic carbocycles. The molecule has 0 amide bonds. The molecule has 1 aliphatic rings. The van der Waals surface area contributed by atoms with Crippen LogP contribution in [0.15, 0.2) is 85.2 Å². The number of ketones is 2. The van der Waals surface area contributed by atoms with Crippen LogP contribution in [0.3, 0.4) is 0 Å². The van der Waals surface area contributed by atoms with Gasteiger partial charge in [0.25, 0.3) is 0 Å². The largest absolute Gasteiger partial charge is 0.494 e. The molecule has 0 bridgehead atoms. The number of pyridine rings is 2. The van der Waals surface area contributed by atoms with E-state index in [0.717, 1.165) is 35.5 Å². The third-order valence-corrected chi connectivity index (χ3v) is 15.6. The number of nitrogens with zero attached hydrogens (tertiary/aromatic N) is 2. The second-order valence-electron chi connectivity index (χ2n) is 21.6. The van der Waals surface area contributed by atoms with E-state index in [9.17, 15) is 19.2 Å². The summed E-state index contributed by atoms with van der Waals surface area (Å²) in [5.41, 5.74) is 2.83. The SMILES string of the molecule is CCCCCCCCCCCCOc1ccc(C(=O)Cc2ccc(CCOC(=O)[C@@H]3CC[C@@](C)(C(=O)OCCc4ccc(CC(=O)c5ccc(OCCCCCCCCCCCC)cc5)nc4)C3(C)C)cn2)cc1. The van der Waals surface area contributed by atoms with Crippen LogP contribution in [0.5, 0.6) is 11.5 Å². The molecule has 5 rings (SSSR count). The highest BCUT2D eigenvalue weighted by atomic mass is 16.5. The number of esters is 2. The van der Waals surface area contributed by atoms with Crippen LogP contribution in [0, 0.1) is 16.7 Å². The van der Waals surface area contributed by atoms with E-state index in [1.54, 1.807) is 12.4 Å². The average molecular weight is 1020 g/mol. The first-order valence-electron chi connectivity index (χ1n) is 28.7. The van der Waals surface area contributed by atoms with E-state index >= 15 is 0 Å². The lowest BCUT2D eigenvalue weighted by Gasteiger charge is -2.38. The Balaban J connectivity index is 0.933. The van der Waals surface area contributed by atoms with Crippen LogP contribution in [-0.4, -0.2) is 59.9 Å². The number of ether oxygens (including phenoxy) is 4. The minimum atomic E-state index is -0.866. The molecule has 2 heterocycles. The molecule has 0 spiro atoms. The van der Waals surface area contributed by atoms with Gasteiger partial charge in [0, 0.05) is 47.8 Å². The Labute approximate surface area is 444 Å². The van der Waals surface area contributed by atoms with Crippen molar-refractivity contribution in [2.45, 2.75) is 202 Å². The van der Waals surface area contributed by atoms with Crippen molar-refractivity contribution in [3.63, 3.8) is 0 Å². The van der Waals surface area contributed by atoms with E-state index in [1.165, 1.54) is 116 Å². The molecule has 0 N–H and O–H groups in total. The van der Waals surface area contributed by atoms with Gasteiger partial charge in [-0.2, -0.15) is 0 Å². The van der Waals surface area contributed by atoms with E-state index in [0.29, 0.717) is 61.4 Å². The maximum atomic E-state index is 13.6. The van der Waals surface area contributed by atoms with Gasteiger partial charge in [0.2, 0.25) is 0 Å². The number of rotatable bonds is 38. The molecule has 1 fully saturated rings. The van der Waals surface area contributed by atoms with Crippen molar-refractivity contribution in [1.29, 1.82) is 0 Å². The van der Waals surface area contributed by atoms with Gasteiger partial charge in [-0.15, -0.1) is 0 Å². The summed E-state index contributed by atoms with van der Waals surface area (Å²) in [5, 5.41) is 0. The molecular weight excluding hydrogens is 925 g/mol. The highest BCUT2D eigenvalue weighted by molar-refractivity contribution is 5.98. The molecule has 10 nitrogen and oxygen atoms in total. The van der Waals surface area contributed by atoms with E-state index in [2.05, 4.69) is 23.8 Å². The van der Waals surface area contributed by atoms with Crippen molar-refractivity contribution in [1.82, 2.24) is 9.97 Å². The van der Waals surface area contributed by atoms with Gasteiger partial charge in [0.15, 0.2) is 11.6 Å². The molecule has 2 aromatic heterocycles. The van der Waals surface area contributed by atoms with Crippen molar-refractivity contribution in [3.05, 3.63) is 119 Å². The summed E-state index contributed by atoms with van der Waals surface area (Å²) in [6.07, 6.45) is 31.5. The highest BCUT2D eigenvalue weighted by Crippen LogP contribution is 2.57. The third-order valence-electron chi connectivity index (χ3n) is 15.6. The van der Waals surface area contributed by atoms with Gasteiger partial charge < -0.3 is 18.9 Å². The van der Waals surface area contributed by atoms with E-state index in [4.69, 9.17) is 18.9 Å². The van der Waals surface area contributed by atoms with Gasteiger partial charge in [0.1, 0.15) is 11.5 Å². The lowest BCUT2D eigenvalue weighted by atomic mass is 9.65. The summed E-state index contributed by atoms with van der Waals surface area (Å²) in [5.74, 6) is 0.436. The van der Waals surface area contributed by atoms with E-state index in [-0.39, 0.29) is 49.6 Å². The number of carbonyl (C=O) groups is 4. The minimum Gasteiger partial charge on any atom is -0.494 e. The Morgan fingerprint density at radius 1 is 0.486 bits per heavy atom. The van der Waals surface area contributed by atoms with E-state index < -0.39 is 16.7 Å². The molecule has 404 valence electrons. The predicted molar refractivity (Wildman–Crippen MR) is 296 cm³/mol. The van der Waals surface area contributed by atoms with Crippen LogP contribution in [0.2, 0.25) is 0 Å². The summed E-state index contributed by atoms with van der Waals surface area (Å²) in [6, 6.07) is 22.3. The van der Waals surface area contributed by atoms with Crippen molar-refractivity contribution in [3.8, 4) is 11.5 Å². The zero-order chi connectivity index (χ0) is 52.9. The monoisotopic (exact) mass is 1010 g/mol.